The van der Waals surface area contributed by atoms with Gasteiger partial charge in [-0.25, -0.2) is 5.43 Å². The van der Waals surface area contributed by atoms with Gasteiger partial charge in [0.05, 0.1) is 20.4 Å². The van der Waals surface area contributed by atoms with Gasteiger partial charge in [0.25, 0.3) is 11.8 Å². The van der Waals surface area contributed by atoms with E-state index in [-0.39, 0.29) is 5.70 Å². The Bertz CT molecular complexity index is 1090. The predicted molar refractivity (Wildman–Crippen MR) is 121 cm³/mol. The van der Waals surface area contributed by atoms with Crippen LogP contribution in [0.15, 0.2) is 76.8 Å². The first kappa shape index (κ1) is 21.8. The topological polar surface area (TPSA) is 89.0 Å². The molecule has 3 aromatic rings. The van der Waals surface area contributed by atoms with Crippen molar-refractivity contribution in [1.82, 2.24) is 10.7 Å². The fourth-order valence-electron chi connectivity index (χ4n) is 2.63. The molecule has 0 bridgehead atoms. The number of nitrogens with one attached hydrogen (secondary N) is 2. The van der Waals surface area contributed by atoms with E-state index in [1.54, 1.807) is 48.5 Å². The Hall–Kier alpha value is -3.91. The summed E-state index contributed by atoms with van der Waals surface area (Å²) in [4.78, 5) is 26.3. The highest BCUT2D eigenvalue weighted by atomic mass is 32.1. The number of rotatable bonds is 8. The summed E-state index contributed by atoms with van der Waals surface area (Å²) >= 11 is 1.49. The minimum Gasteiger partial charge on any atom is -0.493 e. The molecule has 158 valence electrons. The van der Waals surface area contributed by atoms with E-state index in [9.17, 15) is 9.59 Å². The van der Waals surface area contributed by atoms with Gasteiger partial charge < -0.3 is 14.8 Å². The van der Waals surface area contributed by atoms with E-state index < -0.39 is 11.8 Å². The first-order valence-electron chi connectivity index (χ1n) is 9.27. The molecule has 0 saturated heterocycles. The van der Waals surface area contributed by atoms with Gasteiger partial charge in [0, 0.05) is 10.4 Å². The Morgan fingerprint density at radius 2 is 1.74 bits per heavy atom. The summed E-state index contributed by atoms with van der Waals surface area (Å²) in [5, 5.41) is 8.53. The maximum absolute atomic E-state index is 12.8. The second kappa shape index (κ2) is 10.7. The van der Waals surface area contributed by atoms with Crippen LogP contribution in [0.25, 0.3) is 6.08 Å². The average molecular weight is 436 g/mol. The molecule has 0 aliphatic heterocycles. The van der Waals surface area contributed by atoms with Gasteiger partial charge in [-0.05, 0) is 47.4 Å². The van der Waals surface area contributed by atoms with Crippen molar-refractivity contribution in [2.45, 2.75) is 0 Å². The second-order valence-electron chi connectivity index (χ2n) is 6.21. The zero-order valence-corrected chi connectivity index (χ0v) is 17.8. The van der Waals surface area contributed by atoms with Crippen molar-refractivity contribution in [3.05, 3.63) is 87.7 Å². The van der Waals surface area contributed by atoms with Crippen LogP contribution in [0.5, 0.6) is 11.5 Å². The fraction of sp³-hybridized carbons (Fsp3) is 0.0870. The highest BCUT2D eigenvalue weighted by molar-refractivity contribution is 7.11. The van der Waals surface area contributed by atoms with Crippen molar-refractivity contribution in [2.75, 3.05) is 14.2 Å². The van der Waals surface area contributed by atoms with Crippen molar-refractivity contribution in [3.63, 3.8) is 0 Å². The van der Waals surface area contributed by atoms with E-state index in [0.717, 1.165) is 4.88 Å². The number of methoxy groups -OCH3 is 2. The summed E-state index contributed by atoms with van der Waals surface area (Å²) in [6.45, 7) is 0. The molecule has 1 heterocycles. The lowest BCUT2D eigenvalue weighted by molar-refractivity contribution is -0.117. The second-order valence-corrected chi connectivity index (χ2v) is 7.19. The quantitative estimate of drug-likeness (QED) is 0.321. The number of hydrogen-bond acceptors (Lipinski definition) is 6. The van der Waals surface area contributed by atoms with Gasteiger partial charge in [0.1, 0.15) is 5.70 Å². The standard InChI is InChI=1S/C23H21N3O4S/c1-29-20-11-10-16(14-21(20)30-2)13-19(25-22(27)17-7-4-3-5-8-17)23(28)26-24-15-18-9-6-12-31-18/h3-15H,1-2H3,(H,25,27)(H,26,28)/b19-13+,24-15-. The molecule has 1 aromatic heterocycles. The Balaban J connectivity index is 1.86. The number of hydrogen-bond donors (Lipinski definition) is 2. The van der Waals surface area contributed by atoms with E-state index in [1.165, 1.54) is 31.8 Å². The number of thiophene rings is 1. The third-order valence-electron chi connectivity index (χ3n) is 4.15. The lowest BCUT2D eigenvalue weighted by Gasteiger charge is -2.11. The summed E-state index contributed by atoms with van der Waals surface area (Å²) in [6, 6.07) is 17.6. The molecule has 0 fully saturated rings. The normalized spacial score (nSPS) is 11.2. The summed E-state index contributed by atoms with van der Waals surface area (Å²) in [5.74, 6) is 0.0808. The van der Waals surface area contributed by atoms with E-state index in [2.05, 4.69) is 15.8 Å². The largest absolute Gasteiger partial charge is 0.493 e. The predicted octanol–water partition coefficient (Wildman–Crippen LogP) is 3.69. The van der Waals surface area contributed by atoms with Crippen molar-refractivity contribution >= 4 is 35.4 Å². The number of benzene rings is 2. The molecule has 0 spiro atoms. The molecule has 2 amide bonds. The molecule has 0 saturated carbocycles. The molecule has 2 N–H and O–H groups in total. The van der Waals surface area contributed by atoms with Crippen LogP contribution in [0, 0.1) is 0 Å². The minimum atomic E-state index is -0.563. The fourth-order valence-corrected chi connectivity index (χ4v) is 3.22. The summed E-state index contributed by atoms with van der Waals surface area (Å²) in [7, 11) is 3.06. The number of nitrogens with zero attached hydrogens (tertiary/aromatic N) is 1. The maximum atomic E-state index is 12.8. The maximum Gasteiger partial charge on any atom is 0.287 e. The van der Waals surface area contributed by atoms with E-state index in [4.69, 9.17) is 9.47 Å². The Morgan fingerprint density at radius 3 is 2.42 bits per heavy atom. The van der Waals surface area contributed by atoms with Gasteiger partial charge in [0.2, 0.25) is 0 Å². The van der Waals surface area contributed by atoms with E-state index in [0.29, 0.717) is 22.6 Å². The van der Waals surface area contributed by atoms with Gasteiger partial charge >= 0.3 is 0 Å². The number of amides is 2. The van der Waals surface area contributed by atoms with E-state index in [1.807, 2.05) is 23.6 Å². The van der Waals surface area contributed by atoms with Gasteiger partial charge in [-0.3, -0.25) is 9.59 Å². The smallest absolute Gasteiger partial charge is 0.287 e. The summed E-state index contributed by atoms with van der Waals surface area (Å²) in [5.41, 5.74) is 3.54. The van der Waals surface area contributed by atoms with Crippen molar-refractivity contribution in [3.8, 4) is 11.5 Å². The monoisotopic (exact) mass is 435 g/mol. The molecule has 2 aromatic carbocycles. The molecule has 0 aliphatic carbocycles. The number of ether oxygens (including phenoxy) is 2. The molecule has 8 heteroatoms. The van der Waals surface area contributed by atoms with Crippen molar-refractivity contribution in [1.29, 1.82) is 0 Å². The number of hydrazone groups is 1. The molecule has 0 atom stereocenters. The zero-order chi connectivity index (χ0) is 22.1. The third-order valence-corrected chi connectivity index (χ3v) is 4.96. The first-order valence-corrected chi connectivity index (χ1v) is 10.2. The zero-order valence-electron chi connectivity index (χ0n) is 17.0. The molecule has 0 radical (unpaired) electrons. The molecular weight excluding hydrogens is 414 g/mol. The highest BCUT2D eigenvalue weighted by Crippen LogP contribution is 2.28. The van der Waals surface area contributed by atoms with Crippen molar-refractivity contribution in [2.24, 2.45) is 5.10 Å². The van der Waals surface area contributed by atoms with Crippen LogP contribution in [-0.4, -0.2) is 32.2 Å². The summed E-state index contributed by atoms with van der Waals surface area (Å²) in [6.07, 6.45) is 3.08. The molecular formula is C23H21N3O4S. The highest BCUT2D eigenvalue weighted by Gasteiger charge is 2.15. The van der Waals surface area contributed by atoms with Gasteiger partial charge in [0.15, 0.2) is 11.5 Å². The number of carbonyl (C=O) groups is 2. The van der Waals surface area contributed by atoms with Crippen LogP contribution in [0.4, 0.5) is 0 Å². The average Bonchev–Trinajstić information content (AvgIpc) is 3.32. The van der Waals surface area contributed by atoms with Crippen LogP contribution in [0.2, 0.25) is 0 Å². The van der Waals surface area contributed by atoms with Gasteiger partial charge in [-0.2, -0.15) is 5.10 Å². The number of carbonyl (C=O) groups excluding carboxylic acids is 2. The summed E-state index contributed by atoms with van der Waals surface area (Å²) < 4.78 is 10.6. The Kier molecular flexibility index (Phi) is 7.56. The van der Waals surface area contributed by atoms with E-state index >= 15 is 0 Å². The minimum absolute atomic E-state index is 0.0319. The Labute approximate surface area is 184 Å². The van der Waals surface area contributed by atoms with Crippen LogP contribution >= 0.6 is 11.3 Å². The SMILES string of the molecule is COc1ccc(/C=C(/NC(=O)c2ccccc2)C(=O)N/N=C\c2cccs2)cc1OC. The van der Waals surface area contributed by atoms with Crippen LogP contribution < -0.4 is 20.2 Å². The lowest BCUT2D eigenvalue weighted by Crippen LogP contribution is -2.32. The molecule has 31 heavy (non-hydrogen) atoms. The lowest BCUT2D eigenvalue weighted by atomic mass is 10.1. The molecule has 0 unspecified atom stereocenters. The van der Waals surface area contributed by atoms with Crippen molar-refractivity contribution < 1.29 is 19.1 Å². The molecule has 0 aliphatic rings. The molecule has 7 nitrogen and oxygen atoms in total. The van der Waals surface area contributed by atoms with Crippen LogP contribution in [-0.2, 0) is 4.79 Å². The van der Waals surface area contributed by atoms with Crippen LogP contribution in [0.1, 0.15) is 20.8 Å². The van der Waals surface area contributed by atoms with Gasteiger partial charge in [-0.15, -0.1) is 11.3 Å². The molecule has 3 rings (SSSR count). The van der Waals surface area contributed by atoms with Crippen LogP contribution in [0.3, 0.4) is 0 Å². The van der Waals surface area contributed by atoms with Gasteiger partial charge in [-0.1, -0.05) is 30.3 Å². The Morgan fingerprint density at radius 1 is 0.968 bits per heavy atom. The third kappa shape index (κ3) is 6.03. The first-order chi connectivity index (χ1) is 15.1.